The summed E-state index contributed by atoms with van der Waals surface area (Å²) in [7, 11) is 0. The fourth-order valence-corrected chi connectivity index (χ4v) is 3.32. The molecule has 0 fully saturated rings. The summed E-state index contributed by atoms with van der Waals surface area (Å²) in [6, 6.07) is 8.51. The van der Waals surface area contributed by atoms with E-state index in [0.717, 1.165) is 24.8 Å². The molecule has 0 amide bonds. The van der Waals surface area contributed by atoms with Gasteiger partial charge in [0.25, 0.3) is 0 Å². The van der Waals surface area contributed by atoms with Gasteiger partial charge in [-0.05, 0) is 31.7 Å². The van der Waals surface area contributed by atoms with Gasteiger partial charge < -0.3 is 9.47 Å². The molecule has 31 heavy (non-hydrogen) atoms. The fourth-order valence-electron chi connectivity index (χ4n) is 3.32. The van der Waals surface area contributed by atoms with Crippen LogP contribution in [0.3, 0.4) is 0 Å². The van der Waals surface area contributed by atoms with E-state index in [1.54, 1.807) is 12.4 Å². The van der Waals surface area contributed by atoms with E-state index in [2.05, 4.69) is 41.2 Å². The molecule has 1 unspecified atom stereocenters. The molecule has 2 aromatic rings. The molecular formula is C26H38N2O3. The molecule has 0 bridgehead atoms. The summed E-state index contributed by atoms with van der Waals surface area (Å²) < 4.78 is 11.0. The van der Waals surface area contributed by atoms with E-state index in [1.807, 2.05) is 13.8 Å². The van der Waals surface area contributed by atoms with E-state index in [4.69, 9.17) is 9.47 Å². The number of unbranched alkanes of at least 4 members (excludes halogenated alkanes) is 6. The van der Waals surface area contributed by atoms with Crippen molar-refractivity contribution in [2.45, 2.75) is 91.1 Å². The van der Waals surface area contributed by atoms with Crippen molar-refractivity contribution in [1.29, 1.82) is 0 Å². The fraction of sp³-hybridized carbons (Fsp3) is 0.577. The lowest BCUT2D eigenvalue weighted by atomic mass is 10.0. The highest BCUT2D eigenvalue weighted by molar-refractivity contribution is 5.69. The average Bonchev–Trinajstić information content (AvgIpc) is 2.79. The van der Waals surface area contributed by atoms with E-state index < -0.39 is 0 Å². The van der Waals surface area contributed by atoms with Crippen LogP contribution in [0.4, 0.5) is 0 Å². The third-order valence-corrected chi connectivity index (χ3v) is 5.21. The number of benzene rings is 1. The molecule has 5 nitrogen and oxygen atoms in total. The van der Waals surface area contributed by atoms with Gasteiger partial charge in [0.1, 0.15) is 12.7 Å². The lowest BCUT2D eigenvalue weighted by molar-refractivity contribution is -0.149. The molecule has 0 aliphatic heterocycles. The van der Waals surface area contributed by atoms with Gasteiger partial charge in [0.2, 0.25) is 0 Å². The minimum Gasteiger partial charge on any atom is -0.486 e. The van der Waals surface area contributed by atoms with Crippen LogP contribution in [-0.2, 0) is 16.0 Å². The van der Waals surface area contributed by atoms with Crippen LogP contribution in [0, 0.1) is 0 Å². The van der Waals surface area contributed by atoms with Crippen LogP contribution in [-0.4, -0.2) is 28.6 Å². The zero-order chi connectivity index (χ0) is 22.3. The van der Waals surface area contributed by atoms with E-state index in [9.17, 15) is 4.79 Å². The topological polar surface area (TPSA) is 61.3 Å². The molecule has 0 saturated carbocycles. The Hall–Kier alpha value is -2.43. The molecule has 0 N–H and O–H groups in total. The predicted molar refractivity (Wildman–Crippen MR) is 125 cm³/mol. The minimum atomic E-state index is -0.303. The monoisotopic (exact) mass is 426 g/mol. The van der Waals surface area contributed by atoms with Gasteiger partial charge in [-0.3, -0.25) is 4.79 Å². The van der Waals surface area contributed by atoms with Crippen molar-refractivity contribution in [3.05, 3.63) is 42.2 Å². The van der Waals surface area contributed by atoms with Gasteiger partial charge >= 0.3 is 5.97 Å². The Morgan fingerprint density at radius 1 is 0.903 bits per heavy atom. The quantitative estimate of drug-likeness (QED) is 0.239. The summed E-state index contributed by atoms with van der Waals surface area (Å²) in [5.74, 6) is 1.07. The van der Waals surface area contributed by atoms with Crippen LogP contribution < -0.4 is 4.74 Å². The van der Waals surface area contributed by atoms with Gasteiger partial charge in [-0.2, -0.15) is 0 Å². The van der Waals surface area contributed by atoms with E-state index in [0.29, 0.717) is 18.0 Å². The molecule has 1 aromatic carbocycles. The van der Waals surface area contributed by atoms with Crippen molar-refractivity contribution in [3.8, 4) is 17.1 Å². The van der Waals surface area contributed by atoms with Gasteiger partial charge in [0.15, 0.2) is 11.6 Å². The summed E-state index contributed by atoms with van der Waals surface area (Å²) in [4.78, 5) is 20.5. The van der Waals surface area contributed by atoms with E-state index >= 15 is 0 Å². The summed E-state index contributed by atoms with van der Waals surface area (Å²) in [5, 5.41) is 0. The molecule has 5 heteroatoms. The Morgan fingerprint density at radius 2 is 1.55 bits per heavy atom. The second kappa shape index (κ2) is 14.6. The number of carbonyl (C=O) groups is 1. The predicted octanol–water partition coefficient (Wildman–Crippen LogP) is 6.55. The maximum absolute atomic E-state index is 11.7. The zero-order valence-electron chi connectivity index (χ0n) is 19.4. The number of nitrogens with zero attached hydrogens (tertiary/aromatic N) is 2. The Kier molecular flexibility index (Phi) is 11.7. The summed E-state index contributed by atoms with van der Waals surface area (Å²) in [5.41, 5.74) is 2.36. The standard InChI is InChI=1S/C26H38N2O3/c1-4-6-8-9-10-11-12-22-14-16-23(17-15-22)26-27-18-24(19-28-26)30-20-21(3)31-25(29)13-7-5-2/h14-19,21H,4-13,20H2,1-3H3. The smallest absolute Gasteiger partial charge is 0.306 e. The van der Waals surface area contributed by atoms with Crippen molar-refractivity contribution in [1.82, 2.24) is 9.97 Å². The van der Waals surface area contributed by atoms with Crippen LogP contribution in [0.2, 0.25) is 0 Å². The number of esters is 1. The molecule has 1 aromatic heterocycles. The highest BCUT2D eigenvalue weighted by Crippen LogP contribution is 2.19. The first-order valence-corrected chi connectivity index (χ1v) is 11.9. The molecule has 1 heterocycles. The van der Waals surface area contributed by atoms with Crippen molar-refractivity contribution < 1.29 is 14.3 Å². The maximum Gasteiger partial charge on any atom is 0.306 e. The van der Waals surface area contributed by atoms with Crippen LogP contribution >= 0.6 is 0 Å². The Bertz CT molecular complexity index is 744. The Balaban J connectivity index is 1.75. The lowest BCUT2D eigenvalue weighted by Crippen LogP contribution is -2.22. The van der Waals surface area contributed by atoms with Crippen molar-refractivity contribution in [2.75, 3.05) is 6.61 Å². The summed E-state index contributed by atoms with van der Waals surface area (Å²) in [6.45, 7) is 6.41. The first-order valence-electron chi connectivity index (χ1n) is 11.9. The normalized spacial score (nSPS) is 11.8. The number of rotatable bonds is 15. The van der Waals surface area contributed by atoms with Gasteiger partial charge in [0, 0.05) is 12.0 Å². The second-order valence-corrected chi connectivity index (χ2v) is 8.17. The summed E-state index contributed by atoms with van der Waals surface area (Å²) in [6.07, 6.45) is 14.3. The molecule has 0 spiro atoms. The lowest BCUT2D eigenvalue weighted by Gasteiger charge is -2.14. The van der Waals surface area contributed by atoms with Crippen LogP contribution in [0.25, 0.3) is 11.4 Å². The van der Waals surface area contributed by atoms with Crippen molar-refractivity contribution in [2.24, 2.45) is 0 Å². The third-order valence-electron chi connectivity index (χ3n) is 5.21. The molecule has 170 valence electrons. The van der Waals surface area contributed by atoms with Crippen LogP contribution in [0.15, 0.2) is 36.7 Å². The minimum absolute atomic E-state index is 0.176. The molecular weight excluding hydrogens is 388 g/mol. The number of hydrogen-bond acceptors (Lipinski definition) is 5. The average molecular weight is 427 g/mol. The molecule has 0 saturated heterocycles. The van der Waals surface area contributed by atoms with E-state index in [1.165, 1.54) is 44.1 Å². The van der Waals surface area contributed by atoms with Crippen LogP contribution in [0.1, 0.15) is 84.1 Å². The molecule has 0 radical (unpaired) electrons. The number of aryl methyl sites for hydroxylation is 1. The Morgan fingerprint density at radius 3 is 2.23 bits per heavy atom. The highest BCUT2D eigenvalue weighted by Gasteiger charge is 2.10. The van der Waals surface area contributed by atoms with Gasteiger partial charge in [-0.15, -0.1) is 0 Å². The Labute approximate surface area is 187 Å². The zero-order valence-corrected chi connectivity index (χ0v) is 19.4. The van der Waals surface area contributed by atoms with Crippen LogP contribution in [0.5, 0.6) is 5.75 Å². The van der Waals surface area contributed by atoms with Gasteiger partial charge in [-0.1, -0.05) is 76.6 Å². The van der Waals surface area contributed by atoms with Crippen molar-refractivity contribution in [3.63, 3.8) is 0 Å². The number of carbonyl (C=O) groups excluding carboxylic acids is 1. The number of hydrogen-bond donors (Lipinski definition) is 0. The first kappa shape index (κ1) is 24.8. The largest absolute Gasteiger partial charge is 0.486 e. The number of ether oxygens (including phenoxy) is 2. The molecule has 1 atom stereocenters. The van der Waals surface area contributed by atoms with E-state index in [-0.39, 0.29) is 18.7 Å². The number of aromatic nitrogens is 2. The molecule has 0 aliphatic rings. The summed E-state index contributed by atoms with van der Waals surface area (Å²) >= 11 is 0. The maximum atomic E-state index is 11.7. The van der Waals surface area contributed by atoms with Crippen molar-refractivity contribution >= 4 is 5.97 Å². The third kappa shape index (κ3) is 9.95. The van der Waals surface area contributed by atoms with Gasteiger partial charge in [-0.25, -0.2) is 9.97 Å². The highest BCUT2D eigenvalue weighted by atomic mass is 16.6. The first-order chi connectivity index (χ1) is 15.1. The second-order valence-electron chi connectivity index (χ2n) is 8.17. The van der Waals surface area contributed by atoms with Gasteiger partial charge in [0.05, 0.1) is 12.4 Å². The molecule has 0 aliphatic carbocycles. The molecule has 2 rings (SSSR count). The SMILES string of the molecule is CCCCCCCCc1ccc(-c2ncc(OCC(C)OC(=O)CCCC)cn2)cc1.